The molecule has 4 rings (SSSR count). The summed E-state index contributed by atoms with van der Waals surface area (Å²) in [6.07, 6.45) is 3.45. The van der Waals surface area contributed by atoms with Crippen molar-refractivity contribution < 1.29 is 14.9 Å². The second kappa shape index (κ2) is 4.29. The summed E-state index contributed by atoms with van der Waals surface area (Å²) in [7, 11) is 2.11. The Labute approximate surface area is 130 Å². The first-order valence-corrected chi connectivity index (χ1v) is 7.77. The highest BCUT2D eigenvalue weighted by Gasteiger charge is 2.60. The van der Waals surface area contributed by atoms with Crippen LogP contribution in [-0.4, -0.2) is 40.9 Å². The van der Waals surface area contributed by atoms with Gasteiger partial charge in [0.2, 0.25) is 0 Å². The number of ether oxygens (including phenoxy) is 1. The van der Waals surface area contributed by atoms with Crippen molar-refractivity contribution in [1.29, 1.82) is 0 Å². The van der Waals surface area contributed by atoms with Crippen LogP contribution >= 0.6 is 0 Å². The number of allylic oxidation sites excluding steroid dienone is 1. The van der Waals surface area contributed by atoms with Gasteiger partial charge in [0.05, 0.1) is 0 Å². The minimum Gasteiger partial charge on any atom is -0.504 e. The molecule has 1 saturated heterocycles. The average molecular weight is 299 g/mol. The number of nitrogens with zero attached hydrogens (tertiary/aromatic N) is 1. The highest BCUT2D eigenvalue weighted by molar-refractivity contribution is 5.72. The number of phenolic OH excluding ortho intramolecular Hbond substituents is 1. The van der Waals surface area contributed by atoms with Gasteiger partial charge in [-0.1, -0.05) is 19.1 Å². The van der Waals surface area contributed by atoms with Gasteiger partial charge in [-0.3, -0.25) is 0 Å². The fourth-order valence-corrected chi connectivity index (χ4v) is 4.60. The normalized spacial score (nSPS) is 32.9. The van der Waals surface area contributed by atoms with Gasteiger partial charge in [-0.15, -0.1) is 6.58 Å². The van der Waals surface area contributed by atoms with E-state index in [9.17, 15) is 10.2 Å². The summed E-state index contributed by atoms with van der Waals surface area (Å²) in [5.74, 6) is 0.913. The molecule has 0 radical (unpaired) electrons. The van der Waals surface area contributed by atoms with E-state index >= 15 is 0 Å². The van der Waals surface area contributed by atoms with Crippen LogP contribution in [-0.2, 0) is 5.41 Å². The zero-order chi connectivity index (χ0) is 15.6. The van der Waals surface area contributed by atoms with Gasteiger partial charge < -0.3 is 19.8 Å². The Kier molecular flexibility index (Phi) is 2.67. The highest BCUT2D eigenvalue weighted by Crippen LogP contribution is 2.61. The average Bonchev–Trinajstić information content (AvgIpc) is 2.86. The Morgan fingerprint density at radius 1 is 1.50 bits per heavy atom. The number of aliphatic hydroxyl groups excluding tert-OH is 1. The van der Waals surface area contributed by atoms with Crippen LogP contribution in [0.25, 0.3) is 6.08 Å². The van der Waals surface area contributed by atoms with Crippen LogP contribution in [0.15, 0.2) is 30.5 Å². The smallest absolute Gasteiger partial charge is 0.166 e. The predicted molar refractivity (Wildman–Crippen MR) is 84.8 cm³/mol. The minimum atomic E-state index is -0.759. The van der Waals surface area contributed by atoms with E-state index in [1.54, 1.807) is 6.07 Å². The van der Waals surface area contributed by atoms with Gasteiger partial charge in [0.15, 0.2) is 11.5 Å². The number of rotatable bonds is 2. The van der Waals surface area contributed by atoms with Gasteiger partial charge in [-0.2, -0.15) is 0 Å². The van der Waals surface area contributed by atoms with E-state index in [1.807, 2.05) is 6.07 Å². The molecule has 1 aromatic rings. The highest BCUT2D eigenvalue weighted by atomic mass is 16.5. The van der Waals surface area contributed by atoms with Crippen molar-refractivity contribution in [3.8, 4) is 11.5 Å². The number of piperidine rings is 1. The molecule has 2 bridgehead atoms. The molecule has 116 valence electrons. The van der Waals surface area contributed by atoms with E-state index in [4.69, 9.17) is 4.74 Å². The molecule has 0 aromatic heterocycles. The van der Waals surface area contributed by atoms with Gasteiger partial charge in [0.1, 0.15) is 12.2 Å². The molecule has 1 aromatic carbocycles. The summed E-state index contributed by atoms with van der Waals surface area (Å²) < 4.78 is 6.07. The van der Waals surface area contributed by atoms with Crippen molar-refractivity contribution in [1.82, 2.24) is 4.90 Å². The van der Waals surface area contributed by atoms with Crippen molar-refractivity contribution in [2.24, 2.45) is 5.92 Å². The molecule has 4 nitrogen and oxygen atoms in total. The van der Waals surface area contributed by atoms with Crippen molar-refractivity contribution in [2.75, 3.05) is 13.6 Å². The van der Waals surface area contributed by atoms with Crippen LogP contribution in [0.5, 0.6) is 11.5 Å². The molecule has 1 spiro atoms. The van der Waals surface area contributed by atoms with Crippen LogP contribution in [0, 0.1) is 5.92 Å². The first-order valence-electron chi connectivity index (χ1n) is 7.77. The van der Waals surface area contributed by atoms with Crippen molar-refractivity contribution in [3.63, 3.8) is 0 Å². The van der Waals surface area contributed by atoms with Crippen LogP contribution in [0.3, 0.4) is 0 Å². The third-order valence-electron chi connectivity index (χ3n) is 5.76. The number of benzene rings is 1. The summed E-state index contributed by atoms with van der Waals surface area (Å²) in [5.41, 5.74) is 3.12. The molecule has 1 aliphatic carbocycles. The van der Waals surface area contributed by atoms with Crippen molar-refractivity contribution >= 4 is 6.08 Å². The molecule has 1 fully saturated rings. The Balaban J connectivity index is 2.02. The molecule has 0 saturated carbocycles. The maximum atomic E-state index is 10.5. The maximum Gasteiger partial charge on any atom is 0.166 e. The number of likely N-dealkylation sites (tertiary alicyclic amines) is 1. The number of hydrogen-bond acceptors (Lipinski definition) is 4. The molecule has 2 heterocycles. The van der Waals surface area contributed by atoms with E-state index in [0.717, 1.165) is 24.1 Å². The van der Waals surface area contributed by atoms with Crippen molar-refractivity contribution in [2.45, 2.75) is 31.0 Å². The third kappa shape index (κ3) is 1.41. The monoisotopic (exact) mass is 299 g/mol. The molecule has 3 aliphatic rings. The number of fused-ring (bicyclic) bond motifs is 1. The first-order chi connectivity index (χ1) is 10.5. The van der Waals surface area contributed by atoms with Crippen LogP contribution in [0.2, 0.25) is 0 Å². The topological polar surface area (TPSA) is 52.9 Å². The lowest BCUT2D eigenvalue weighted by Crippen LogP contribution is -2.56. The summed E-state index contributed by atoms with van der Waals surface area (Å²) in [5, 5.41) is 20.7. The Bertz CT molecular complexity index is 696. The molecular formula is C18H21NO3. The lowest BCUT2D eigenvalue weighted by Gasteiger charge is -2.51. The van der Waals surface area contributed by atoms with E-state index in [-0.39, 0.29) is 17.1 Å². The summed E-state index contributed by atoms with van der Waals surface area (Å²) in [6, 6.07) is 3.62. The predicted octanol–water partition coefficient (Wildman–Crippen LogP) is 2.26. The zero-order valence-corrected chi connectivity index (χ0v) is 12.9. The van der Waals surface area contributed by atoms with Gasteiger partial charge in [0, 0.05) is 36.2 Å². The van der Waals surface area contributed by atoms with Crippen LogP contribution in [0.4, 0.5) is 0 Å². The molecule has 4 heteroatoms. The number of aromatic hydroxyl groups is 1. The molecule has 4 atom stereocenters. The third-order valence-corrected chi connectivity index (χ3v) is 5.76. The molecule has 22 heavy (non-hydrogen) atoms. The van der Waals surface area contributed by atoms with Gasteiger partial charge in [-0.25, -0.2) is 0 Å². The lowest BCUT2D eigenvalue weighted by atomic mass is 9.58. The second-order valence-electron chi connectivity index (χ2n) is 6.65. The minimum absolute atomic E-state index is 0.153. The number of hydrogen-bond donors (Lipinski definition) is 2. The molecule has 0 amide bonds. The first kappa shape index (κ1) is 13.7. The largest absolute Gasteiger partial charge is 0.504 e. The Morgan fingerprint density at radius 2 is 2.27 bits per heavy atom. The van der Waals surface area contributed by atoms with E-state index < -0.39 is 12.2 Å². The lowest BCUT2D eigenvalue weighted by molar-refractivity contribution is -0.00402. The van der Waals surface area contributed by atoms with E-state index in [2.05, 4.69) is 31.5 Å². The van der Waals surface area contributed by atoms with Gasteiger partial charge in [-0.05, 0) is 24.1 Å². The zero-order valence-electron chi connectivity index (χ0n) is 12.9. The SMILES string of the molecule is C=C[C@@H](O)[C@H]1Oc2c(O)ccc3c2C12CCN(C)C(=C3)[C@H]2C. The fraction of sp³-hybridized carbons (Fsp3) is 0.444. The molecule has 1 unspecified atom stereocenters. The fourth-order valence-electron chi connectivity index (χ4n) is 4.60. The van der Waals surface area contributed by atoms with E-state index in [0.29, 0.717) is 5.75 Å². The maximum absolute atomic E-state index is 10.5. The molecular weight excluding hydrogens is 278 g/mol. The van der Waals surface area contributed by atoms with Crippen LogP contribution in [0.1, 0.15) is 24.5 Å². The number of aliphatic hydroxyl groups is 1. The Morgan fingerprint density at radius 3 is 3.00 bits per heavy atom. The second-order valence-corrected chi connectivity index (χ2v) is 6.65. The summed E-state index contributed by atoms with van der Waals surface area (Å²) >= 11 is 0. The Hall–Kier alpha value is -1.94. The quantitative estimate of drug-likeness (QED) is 0.823. The van der Waals surface area contributed by atoms with E-state index in [1.165, 1.54) is 11.8 Å². The standard InChI is InChI=1S/C18H21NO3/c1-4-13(20)17-18-7-8-19(3)12(10(18)2)9-11-5-6-14(21)16(22-17)15(11)18/h4-6,9-10,13,17,20-21H,1,7-8H2,2-3H3/t10-,13-,17-,18?/m1/s1. The summed E-state index contributed by atoms with van der Waals surface area (Å²) in [4.78, 5) is 2.28. The van der Waals surface area contributed by atoms with Gasteiger partial charge in [0.25, 0.3) is 0 Å². The molecule has 2 aliphatic heterocycles. The molecule has 2 N–H and O–H groups in total. The van der Waals surface area contributed by atoms with Crippen LogP contribution < -0.4 is 4.74 Å². The van der Waals surface area contributed by atoms with Crippen molar-refractivity contribution in [3.05, 3.63) is 41.6 Å². The van der Waals surface area contributed by atoms with Gasteiger partial charge >= 0.3 is 0 Å². The summed E-state index contributed by atoms with van der Waals surface area (Å²) in [6.45, 7) is 6.83. The number of phenols is 1.